The van der Waals surface area contributed by atoms with Gasteiger partial charge in [-0.25, -0.2) is 4.98 Å². The number of para-hydroxylation sites is 1. The summed E-state index contributed by atoms with van der Waals surface area (Å²) in [5, 5.41) is 6.52. The van der Waals surface area contributed by atoms with E-state index < -0.39 is 0 Å². The van der Waals surface area contributed by atoms with Crippen molar-refractivity contribution in [3.63, 3.8) is 0 Å². The Morgan fingerprint density at radius 2 is 1.81 bits per heavy atom. The van der Waals surface area contributed by atoms with Crippen molar-refractivity contribution >= 4 is 39.1 Å². The Morgan fingerprint density at radius 1 is 1.09 bits per heavy atom. The van der Waals surface area contributed by atoms with Crippen LogP contribution in [0.15, 0.2) is 41.5 Å². The summed E-state index contributed by atoms with van der Waals surface area (Å²) in [4.78, 5) is 45.8. The second kappa shape index (κ2) is 9.62. The zero-order chi connectivity index (χ0) is 22.7. The van der Waals surface area contributed by atoms with Crippen molar-refractivity contribution in [1.29, 1.82) is 0 Å². The smallest absolute Gasteiger partial charge is 0.262 e. The topological polar surface area (TPSA) is 96.3 Å². The molecule has 1 saturated heterocycles. The van der Waals surface area contributed by atoms with Crippen LogP contribution >= 0.6 is 11.3 Å². The second-order valence-electron chi connectivity index (χ2n) is 8.17. The number of hydrogen-bond acceptors (Lipinski definition) is 6. The molecular formula is C23H27N5O3S. The fourth-order valence-corrected chi connectivity index (χ4v) is 4.96. The monoisotopic (exact) mass is 453 g/mol. The van der Waals surface area contributed by atoms with Crippen molar-refractivity contribution in [2.45, 2.75) is 39.3 Å². The number of nitrogens with zero attached hydrogens (tertiary/aromatic N) is 3. The number of piperidine rings is 1. The Labute approximate surface area is 190 Å². The number of carbonyl (C=O) groups is 2. The molecule has 32 heavy (non-hydrogen) atoms. The van der Waals surface area contributed by atoms with Gasteiger partial charge >= 0.3 is 0 Å². The molecule has 2 amide bonds. The summed E-state index contributed by atoms with van der Waals surface area (Å²) in [7, 11) is 0. The van der Waals surface area contributed by atoms with Crippen LogP contribution in [0.1, 0.15) is 23.3 Å². The molecule has 1 aliphatic heterocycles. The normalized spacial score (nSPS) is 15.1. The fourth-order valence-electron chi connectivity index (χ4n) is 3.97. The molecule has 8 nitrogen and oxygen atoms in total. The lowest BCUT2D eigenvalue weighted by atomic mass is 10.0. The third kappa shape index (κ3) is 5.05. The van der Waals surface area contributed by atoms with Gasteiger partial charge in [-0.15, -0.1) is 11.3 Å². The van der Waals surface area contributed by atoms with Crippen molar-refractivity contribution in [2.75, 3.05) is 25.0 Å². The number of hydrogen-bond donors (Lipinski definition) is 2. The summed E-state index contributed by atoms with van der Waals surface area (Å²) in [5.41, 5.74) is 1.54. The molecule has 168 valence electrons. The van der Waals surface area contributed by atoms with E-state index in [4.69, 9.17) is 0 Å². The van der Waals surface area contributed by atoms with Crippen LogP contribution in [0, 0.1) is 13.8 Å². The number of anilines is 1. The van der Waals surface area contributed by atoms with Gasteiger partial charge in [-0.05, 0) is 44.4 Å². The van der Waals surface area contributed by atoms with Crippen LogP contribution in [0.2, 0.25) is 0 Å². The third-order valence-electron chi connectivity index (χ3n) is 5.85. The molecule has 4 rings (SSSR count). The van der Waals surface area contributed by atoms with E-state index in [1.54, 1.807) is 0 Å². The number of fused-ring (bicyclic) bond motifs is 1. The van der Waals surface area contributed by atoms with E-state index >= 15 is 0 Å². The van der Waals surface area contributed by atoms with Crippen LogP contribution in [0.4, 0.5) is 5.69 Å². The molecule has 9 heteroatoms. The van der Waals surface area contributed by atoms with Gasteiger partial charge in [-0.1, -0.05) is 18.2 Å². The van der Waals surface area contributed by atoms with Crippen LogP contribution in [-0.4, -0.2) is 51.9 Å². The minimum Gasteiger partial charge on any atom is -0.352 e. The molecule has 0 saturated carbocycles. The molecular weight excluding hydrogens is 426 g/mol. The quantitative estimate of drug-likeness (QED) is 0.597. The SMILES string of the molecule is Cc1sc2ncn(CC(=O)NC3CCN(CC(=O)Nc4ccccc4)CC3)c(=O)c2c1C. The van der Waals surface area contributed by atoms with Crippen LogP contribution in [0.3, 0.4) is 0 Å². The van der Waals surface area contributed by atoms with Crippen molar-refractivity contribution in [2.24, 2.45) is 0 Å². The zero-order valence-corrected chi connectivity index (χ0v) is 19.1. The Bertz CT molecular complexity index is 1180. The number of thiophene rings is 1. The van der Waals surface area contributed by atoms with E-state index in [0.29, 0.717) is 16.8 Å². The van der Waals surface area contributed by atoms with Gasteiger partial charge in [-0.2, -0.15) is 0 Å². The molecule has 1 aliphatic rings. The van der Waals surface area contributed by atoms with Crippen molar-refractivity contribution in [1.82, 2.24) is 19.8 Å². The highest BCUT2D eigenvalue weighted by atomic mass is 32.1. The highest BCUT2D eigenvalue weighted by Crippen LogP contribution is 2.25. The molecule has 1 aromatic carbocycles. The first-order chi connectivity index (χ1) is 15.4. The Kier molecular flexibility index (Phi) is 6.66. The summed E-state index contributed by atoms with van der Waals surface area (Å²) in [6, 6.07) is 9.43. The molecule has 0 bridgehead atoms. The minimum atomic E-state index is -0.196. The van der Waals surface area contributed by atoms with Crippen LogP contribution in [-0.2, 0) is 16.1 Å². The number of rotatable bonds is 6. The van der Waals surface area contributed by atoms with Gasteiger partial charge in [0.2, 0.25) is 11.8 Å². The van der Waals surface area contributed by atoms with Gasteiger partial charge in [0.25, 0.3) is 5.56 Å². The molecule has 2 N–H and O–H groups in total. The first-order valence-electron chi connectivity index (χ1n) is 10.7. The maximum Gasteiger partial charge on any atom is 0.262 e. The summed E-state index contributed by atoms with van der Waals surface area (Å²) in [6.45, 7) is 5.62. The first kappa shape index (κ1) is 22.2. The zero-order valence-electron chi connectivity index (χ0n) is 18.3. The fraction of sp³-hybridized carbons (Fsp3) is 0.391. The summed E-state index contributed by atoms with van der Waals surface area (Å²) in [5.74, 6) is -0.238. The van der Waals surface area contributed by atoms with Gasteiger partial charge < -0.3 is 10.6 Å². The average molecular weight is 454 g/mol. The van der Waals surface area contributed by atoms with Crippen molar-refractivity contribution < 1.29 is 9.59 Å². The largest absolute Gasteiger partial charge is 0.352 e. The number of likely N-dealkylation sites (tertiary alicyclic amines) is 1. The van der Waals surface area contributed by atoms with Crippen molar-refractivity contribution in [3.05, 3.63) is 57.5 Å². The van der Waals surface area contributed by atoms with Gasteiger partial charge in [0.15, 0.2) is 0 Å². The highest BCUT2D eigenvalue weighted by molar-refractivity contribution is 7.18. The van der Waals surface area contributed by atoms with E-state index in [1.165, 1.54) is 22.2 Å². The number of aryl methyl sites for hydroxylation is 2. The number of aromatic nitrogens is 2. The first-order valence-corrected chi connectivity index (χ1v) is 11.5. The van der Waals surface area contributed by atoms with Gasteiger partial charge in [0.1, 0.15) is 11.4 Å². The maximum atomic E-state index is 12.8. The lowest BCUT2D eigenvalue weighted by Crippen LogP contribution is -2.47. The molecule has 0 aliphatic carbocycles. The van der Waals surface area contributed by atoms with Gasteiger partial charge in [0, 0.05) is 29.7 Å². The minimum absolute atomic E-state index is 0.0356. The second-order valence-corrected chi connectivity index (χ2v) is 9.38. The van der Waals surface area contributed by atoms with E-state index in [1.807, 2.05) is 44.2 Å². The maximum absolute atomic E-state index is 12.8. The summed E-state index contributed by atoms with van der Waals surface area (Å²) < 4.78 is 1.37. The molecule has 1 fully saturated rings. The van der Waals surface area contributed by atoms with E-state index in [0.717, 1.165) is 42.1 Å². The predicted octanol–water partition coefficient (Wildman–Crippen LogP) is 2.29. The van der Waals surface area contributed by atoms with Crippen LogP contribution < -0.4 is 16.2 Å². The molecule has 2 aromatic heterocycles. The average Bonchev–Trinajstić information content (AvgIpc) is 3.06. The molecule has 0 unspecified atom stereocenters. The molecule has 3 aromatic rings. The number of amides is 2. The Morgan fingerprint density at radius 3 is 2.53 bits per heavy atom. The Hall–Kier alpha value is -3.04. The van der Waals surface area contributed by atoms with Crippen LogP contribution in [0.5, 0.6) is 0 Å². The number of carbonyl (C=O) groups excluding carboxylic acids is 2. The van der Waals surface area contributed by atoms with Crippen molar-refractivity contribution in [3.8, 4) is 0 Å². The molecule has 0 atom stereocenters. The molecule has 0 spiro atoms. The number of benzene rings is 1. The lowest BCUT2D eigenvalue weighted by molar-refractivity contribution is -0.123. The van der Waals surface area contributed by atoms with E-state index in [-0.39, 0.29) is 30.0 Å². The summed E-state index contributed by atoms with van der Waals surface area (Å²) >= 11 is 1.50. The summed E-state index contributed by atoms with van der Waals surface area (Å²) in [6.07, 6.45) is 2.98. The van der Waals surface area contributed by atoms with E-state index in [2.05, 4.69) is 20.5 Å². The Balaban J connectivity index is 1.26. The van der Waals surface area contributed by atoms with Gasteiger partial charge in [0.05, 0.1) is 18.3 Å². The third-order valence-corrected chi connectivity index (χ3v) is 6.96. The number of nitrogens with one attached hydrogen (secondary N) is 2. The molecule has 3 heterocycles. The lowest BCUT2D eigenvalue weighted by Gasteiger charge is -2.31. The van der Waals surface area contributed by atoms with Gasteiger partial charge in [-0.3, -0.25) is 23.9 Å². The molecule has 0 radical (unpaired) electrons. The standard InChI is InChI=1S/C23H27N5O3S/c1-15-16(2)32-22-21(15)23(31)28(14-24-22)13-20(30)26-18-8-10-27(11-9-18)12-19(29)25-17-6-4-3-5-7-17/h3-7,14,18H,8-13H2,1-2H3,(H,25,29)(H,26,30). The van der Waals surface area contributed by atoms with E-state index in [9.17, 15) is 14.4 Å². The predicted molar refractivity (Wildman–Crippen MR) is 126 cm³/mol. The highest BCUT2D eigenvalue weighted by Gasteiger charge is 2.22. The van der Waals surface area contributed by atoms with Crippen LogP contribution in [0.25, 0.3) is 10.2 Å².